The number of aliphatic hydroxyl groups is 1. The van der Waals surface area contributed by atoms with Crippen LogP contribution in [0, 0.1) is 5.92 Å². The molecule has 0 aromatic heterocycles. The van der Waals surface area contributed by atoms with E-state index in [4.69, 9.17) is 14.2 Å². The maximum Gasteiger partial charge on any atom is 0.410 e. The fourth-order valence-corrected chi connectivity index (χ4v) is 5.75. The standard InChI is InChI=1S/C24H38N2O5/c1-16(2)4-5-20-23(3,30-20)21-24(31-21)9-6-19(7-10-24)29-22(28)26-12-17(13-26)8-11-25-14-18(27)15-25/h4,17-21,27H,5-15H2,1-3H3/t19?,20-,21?,23-,24?/m1/s1. The number of allylic oxidation sites excluding steroid dienone is 1. The summed E-state index contributed by atoms with van der Waals surface area (Å²) in [5.74, 6) is 0.569. The molecule has 1 saturated carbocycles. The Bertz CT molecular complexity index is 717. The molecule has 5 fully saturated rings. The molecule has 7 heteroatoms. The van der Waals surface area contributed by atoms with E-state index in [1.807, 2.05) is 4.90 Å². The first-order valence-corrected chi connectivity index (χ1v) is 12.1. The van der Waals surface area contributed by atoms with Gasteiger partial charge in [0, 0.05) is 26.2 Å². The third-order valence-corrected chi connectivity index (χ3v) is 8.07. The lowest BCUT2D eigenvalue weighted by molar-refractivity contribution is -0.0141. The zero-order valence-electron chi connectivity index (χ0n) is 19.2. The molecule has 0 radical (unpaired) electrons. The molecule has 1 amide bonds. The van der Waals surface area contributed by atoms with Gasteiger partial charge in [-0.25, -0.2) is 4.79 Å². The summed E-state index contributed by atoms with van der Waals surface area (Å²) in [5, 5.41) is 9.34. The number of hydrogen-bond donors (Lipinski definition) is 1. The van der Waals surface area contributed by atoms with Crippen LogP contribution < -0.4 is 0 Å². The van der Waals surface area contributed by atoms with Crippen molar-refractivity contribution in [1.82, 2.24) is 9.80 Å². The Morgan fingerprint density at radius 3 is 2.52 bits per heavy atom. The quantitative estimate of drug-likeness (QED) is 0.490. The molecule has 1 aliphatic carbocycles. The highest BCUT2D eigenvalue weighted by atomic mass is 16.7. The van der Waals surface area contributed by atoms with Crippen molar-refractivity contribution in [3.8, 4) is 0 Å². The van der Waals surface area contributed by atoms with Crippen molar-refractivity contribution in [3.63, 3.8) is 0 Å². The van der Waals surface area contributed by atoms with E-state index in [0.717, 1.165) is 71.2 Å². The van der Waals surface area contributed by atoms with Crippen molar-refractivity contribution in [2.24, 2.45) is 5.92 Å². The van der Waals surface area contributed by atoms with Gasteiger partial charge < -0.3 is 24.2 Å². The minimum atomic E-state index is -0.149. The largest absolute Gasteiger partial charge is 0.446 e. The van der Waals surface area contributed by atoms with Crippen LogP contribution in [0.5, 0.6) is 0 Å². The Morgan fingerprint density at radius 1 is 1.16 bits per heavy atom. The third kappa shape index (κ3) is 4.39. The Hall–Kier alpha value is -1.15. The van der Waals surface area contributed by atoms with E-state index >= 15 is 0 Å². The van der Waals surface area contributed by atoms with Crippen molar-refractivity contribution < 1.29 is 24.1 Å². The summed E-state index contributed by atoms with van der Waals surface area (Å²) in [6.07, 6.45) is 8.16. The smallest absolute Gasteiger partial charge is 0.410 e. The van der Waals surface area contributed by atoms with Crippen LogP contribution in [0.4, 0.5) is 4.79 Å². The SMILES string of the molecule is CC(C)=CC[C@H]1O[C@@]1(C)C1OC12CCC(OC(=O)N1CC(CCN3CC(O)C3)C1)CC2. The van der Waals surface area contributed by atoms with Crippen LogP contribution in [-0.4, -0.2) is 89.3 Å². The van der Waals surface area contributed by atoms with Gasteiger partial charge in [0.2, 0.25) is 0 Å². The highest BCUT2D eigenvalue weighted by Crippen LogP contribution is 2.60. The van der Waals surface area contributed by atoms with Gasteiger partial charge in [0.15, 0.2) is 0 Å². The molecule has 1 unspecified atom stereocenters. The molecule has 5 aliphatic rings. The number of likely N-dealkylation sites (tertiary alicyclic amines) is 2. The van der Waals surface area contributed by atoms with Gasteiger partial charge in [-0.2, -0.15) is 0 Å². The molecule has 174 valence electrons. The number of aliphatic hydroxyl groups excluding tert-OH is 1. The summed E-state index contributed by atoms with van der Waals surface area (Å²) >= 11 is 0. The number of amides is 1. The maximum absolute atomic E-state index is 12.5. The molecular weight excluding hydrogens is 396 g/mol. The fourth-order valence-electron chi connectivity index (χ4n) is 5.75. The predicted octanol–water partition coefficient (Wildman–Crippen LogP) is 2.72. The molecule has 1 N–H and O–H groups in total. The highest BCUT2D eigenvalue weighted by Gasteiger charge is 2.73. The van der Waals surface area contributed by atoms with Crippen molar-refractivity contribution in [3.05, 3.63) is 11.6 Å². The molecule has 4 saturated heterocycles. The molecule has 31 heavy (non-hydrogen) atoms. The summed E-state index contributed by atoms with van der Waals surface area (Å²) < 4.78 is 18.1. The van der Waals surface area contributed by atoms with Crippen molar-refractivity contribution >= 4 is 6.09 Å². The van der Waals surface area contributed by atoms with Crippen LogP contribution in [0.1, 0.15) is 59.3 Å². The first-order valence-electron chi connectivity index (χ1n) is 12.1. The number of rotatable bonds is 7. The Balaban J connectivity index is 0.988. The van der Waals surface area contributed by atoms with Crippen molar-refractivity contribution in [1.29, 1.82) is 0 Å². The van der Waals surface area contributed by atoms with Gasteiger partial charge in [0.05, 0.1) is 17.8 Å². The van der Waals surface area contributed by atoms with Gasteiger partial charge in [0.1, 0.15) is 17.8 Å². The molecule has 4 heterocycles. The molecule has 1 spiro atoms. The van der Waals surface area contributed by atoms with Crippen LogP contribution in [0.15, 0.2) is 11.6 Å². The average molecular weight is 435 g/mol. The lowest BCUT2D eigenvalue weighted by Gasteiger charge is -2.42. The zero-order valence-corrected chi connectivity index (χ0v) is 19.2. The van der Waals surface area contributed by atoms with Crippen LogP contribution in [-0.2, 0) is 14.2 Å². The van der Waals surface area contributed by atoms with Crippen molar-refractivity contribution in [2.75, 3.05) is 32.7 Å². The summed E-state index contributed by atoms with van der Waals surface area (Å²) in [7, 11) is 0. The number of hydrogen-bond acceptors (Lipinski definition) is 6. The topological polar surface area (TPSA) is 78.1 Å². The monoisotopic (exact) mass is 434 g/mol. The summed E-state index contributed by atoms with van der Waals surface area (Å²) in [6, 6.07) is 0. The molecule has 3 atom stereocenters. The number of ether oxygens (including phenoxy) is 3. The Morgan fingerprint density at radius 2 is 1.87 bits per heavy atom. The second-order valence-corrected chi connectivity index (χ2v) is 10.9. The number of β-amino-alcohol motifs (C(OH)–C–C–N with tert-alkyl or cyclic N) is 1. The van der Waals surface area contributed by atoms with Gasteiger partial charge in [-0.3, -0.25) is 4.90 Å². The van der Waals surface area contributed by atoms with E-state index in [2.05, 4.69) is 31.7 Å². The lowest BCUT2D eigenvalue weighted by Crippen LogP contribution is -2.54. The first kappa shape index (κ1) is 21.7. The van der Waals surface area contributed by atoms with E-state index in [1.54, 1.807) is 0 Å². The van der Waals surface area contributed by atoms with Gasteiger partial charge in [0.25, 0.3) is 0 Å². The van der Waals surface area contributed by atoms with E-state index in [-0.39, 0.29) is 41.7 Å². The molecular formula is C24H38N2O5. The number of epoxide rings is 2. The minimum Gasteiger partial charge on any atom is -0.446 e. The maximum atomic E-state index is 12.5. The molecule has 0 aromatic rings. The summed E-state index contributed by atoms with van der Waals surface area (Å²) in [4.78, 5) is 16.6. The van der Waals surface area contributed by atoms with E-state index in [9.17, 15) is 9.90 Å². The van der Waals surface area contributed by atoms with Crippen LogP contribution in [0.3, 0.4) is 0 Å². The van der Waals surface area contributed by atoms with Gasteiger partial charge in [-0.05, 0) is 71.8 Å². The summed E-state index contributed by atoms with van der Waals surface area (Å²) in [6.45, 7) is 10.7. The van der Waals surface area contributed by atoms with Gasteiger partial charge in [-0.15, -0.1) is 0 Å². The average Bonchev–Trinajstić information content (AvgIpc) is 3.55. The van der Waals surface area contributed by atoms with E-state index < -0.39 is 0 Å². The second-order valence-electron chi connectivity index (χ2n) is 10.9. The molecule has 0 bridgehead atoms. The van der Waals surface area contributed by atoms with E-state index in [0.29, 0.717) is 5.92 Å². The van der Waals surface area contributed by atoms with E-state index in [1.165, 1.54) is 5.57 Å². The molecule has 7 nitrogen and oxygen atoms in total. The minimum absolute atomic E-state index is 0.0130. The predicted molar refractivity (Wildman–Crippen MR) is 116 cm³/mol. The second kappa shape index (κ2) is 8.01. The fraction of sp³-hybridized carbons (Fsp3) is 0.875. The van der Waals surface area contributed by atoms with Gasteiger partial charge in [-0.1, -0.05) is 11.6 Å². The van der Waals surface area contributed by atoms with Crippen LogP contribution >= 0.6 is 0 Å². The number of nitrogens with zero attached hydrogens (tertiary/aromatic N) is 2. The zero-order chi connectivity index (χ0) is 21.8. The molecule has 5 rings (SSSR count). The number of carbonyl (C=O) groups is 1. The summed E-state index contributed by atoms with van der Waals surface area (Å²) in [5.41, 5.74) is 1.14. The normalized spacial score (nSPS) is 40.3. The Labute approximate surface area is 185 Å². The third-order valence-electron chi connectivity index (χ3n) is 8.07. The Kier molecular flexibility index (Phi) is 5.60. The van der Waals surface area contributed by atoms with Crippen molar-refractivity contribution in [2.45, 2.75) is 94.9 Å². The lowest BCUT2D eigenvalue weighted by atomic mass is 9.80. The molecule has 0 aromatic carbocycles. The first-order chi connectivity index (χ1) is 14.8. The molecule has 4 aliphatic heterocycles. The van der Waals surface area contributed by atoms with Crippen LogP contribution in [0.25, 0.3) is 0 Å². The van der Waals surface area contributed by atoms with Crippen LogP contribution in [0.2, 0.25) is 0 Å². The highest BCUT2D eigenvalue weighted by molar-refractivity contribution is 5.68. The van der Waals surface area contributed by atoms with Gasteiger partial charge >= 0.3 is 6.09 Å². The number of carbonyl (C=O) groups excluding carboxylic acids is 1.